The molecule has 0 radical (unpaired) electrons. The normalized spacial score (nSPS) is 20.4. The number of rotatable bonds is 6. The summed E-state index contributed by atoms with van der Waals surface area (Å²) in [5.74, 6) is 0.368. The number of carbonyl (C=O) groups excluding carboxylic acids is 1. The van der Waals surface area contributed by atoms with Crippen molar-refractivity contribution in [1.29, 1.82) is 0 Å². The van der Waals surface area contributed by atoms with Crippen molar-refractivity contribution < 1.29 is 19.0 Å². The Labute approximate surface area is 123 Å². The van der Waals surface area contributed by atoms with E-state index in [4.69, 9.17) is 4.74 Å². The first-order valence-electron chi connectivity index (χ1n) is 7.08. The Balaban J connectivity index is 1.66. The minimum atomic E-state index is -0.655. The summed E-state index contributed by atoms with van der Waals surface area (Å²) in [6, 6.07) is 5.88. The summed E-state index contributed by atoms with van der Waals surface area (Å²) < 4.78 is 18.1. The largest absolute Gasteiger partial charge is 0.491 e. The van der Waals surface area contributed by atoms with E-state index in [9.17, 15) is 14.3 Å². The number of benzene rings is 1. The maximum atomic E-state index is 12.7. The average Bonchev–Trinajstić information content (AvgIpc) is 2.48. The SMILES string of the molecule is CN1CC(NCC(O)COc2ccc(F)cc2)CCC1=O. The zero-order valence-electron chi connectivity index (χ0n) is 12.1. The molecule has 1 aromatic rings. The van der Waals surface area contributed by atoms with Crippen LogP contribution in [0.1, 0.15) is 12.8 Å². The van der Waals surface area contributed by atoms with Crippen molar-refractivity contribution in [2.24, 2.45) is 0 Å². The summed E-state index contributed by atoms with van der Waals surface area (Å²) in [6.07, 6.45) is 0.670. The van der Waals surface area contributed by atoms with Gasteiger partial charge in [-0.2, -0.15) is 0 Å². The van der Waals surface area contributed by atoms with Crippen LogP contribution < -0.4 is 10.1 Å². The third kappa shape index (κ3) is 4.99. The molecule has 2 atom stereocenters. The second-order valence-corrected chi connectivity index (χ2v) is 5.34. The van der Waals surface area contributed by atoms with Crippen molar-refractivity contribution in [3.05, 3.63) is 30.1 Å². The van der Waals surface area contributed by atoms with Crippen LogP contribution in [0.2, 0.25) is 0 Å². The van der Waals surface area contributed by atoms with Crippen LogP contribution in [0.3, 0.4) is 0 Å². The van der Waals surface area contributed by atoms with E-state index >= 15 is 0 Å². The number of hydrogen-bond donors (Lipinski definition) is 2. The van der Waals surface area contributed by atoms with Gasteiger partial charge in [-0.1, -0.05) is 0 Å². The molecule has 116 valence electrons. The fourth-order valence-electron chi connectivity index (χ4n) is 2.26. The lowest BCUT2D eigenvalue weighted by molar-refractivity contribution is -0.132. The van der Waals surface area contributed by atoms with Gasteiger partial charge in [-0.25, -0.2) is 4.39 Å². The number of hydrogen-bond acceptors (Lipinski definition) is 4. The van der Waals surface area contributed by atoms with Crippen LogP contribution in [0.5, 0.6) is 5.75 Å². The Morgan fingerprint density at radius 1 is 1.48 bits per heavy atom. The van der Waals surface area contributed by atoms with Crippen molar-refractivity contribution in [1.82, 2.24) is 10.2 Å². The first-order chi connectivity index (χ1) is 10.0. The number of likely N-dealkylation sites (tertiary alicyclic amines) is 1. The Morgan fingerprint density at radius 3 is 2.86 bits per heavy atom. The van der Waals surface area contributed by atoms with Crippen molar-refractivity contribution >= 4 is 5.91 Å². The van der Waals surface area contributed by atoms with Crippen LogP contribution in [0, 0.1) is 5.82 Å². The van der Waals surface area contributed by atoms with Gasteiger partial charge in [-0.15, -0.1) is 0 Å². The molecule has 0 aromatic heterocycles. The molecule has 2 unspecified atom stereocenters. The molecule has 2 N–H and O–H groups in total. The van der Waals surface area contributed by atoms with Gasteiger partial charge in [0.25, 0.3) is 0 Å². The van der Waals surface area contributed by atoms with Gasteiger partial charge in [-0.05, 0) is 30.7 Å². The number of carbonyl (C=O) groups is 1. The van der Waals surface area contributed by atoms with Crippen molar-refractivity contribution in [3.63, 3.8) is 0 Å². The number of likely N-dealkylation sites (N-methyl/N-ethyl adjacent to an activating group) is 1. The lowest BCUT2D eigenvalue weighted by atomic mass is 10.1. The summed E-state index contributed by atoms with van der Waals surface area (Å²) in [6.45, 7) is 1.19. The van der Waals surface area contributed by atoms with Crippen molar-refractivity contribution in [3.8, 4) is 5.75 Å². The molecule has 1 saturated heterocycles. The molecule has 0 aliphatic carbocycles. The molecule has 1 aliphatic heterocycles. The standard InChI is InChI=1S/C15H21FN2O3/c1-18-9-12(4-7-15(18)20)17-8-13(19)10-21-14-5-2-11(16)3-6-14/h2-3,5-6,12-13,17,19H,4,7-10H2,1H3. The van der Waals surface area contributed by atoms with E-state index in [-0.39, 0.29) is 24.4 Å². The molecule has 0 saturated carbocycles. The number of aliphatic hydroxyl groups excluding tert-OH is 1. The number of nitrogens with one attached hydrogen (secondary N) is 1. The molecule has 5 nitrogen and oxygen atoms in total. The van der Waals surface area contributed by atoms with Crippen LogP contribution in [-0.4, -0.2) is 54.8 Å². The molecule has 1 aromatic carbocycles. The average molecular weight is 296 g/mol. The summed E-state index contributed by atoms with van der Waals surface area (Å²) in [7, 11) is 1.78. The Bertz CT molecular complexity index is 466. The molecule has 2 rings (SSSR count). The van der Waals surface area contributed by atoms with Gasteiger partial charge in [0, 0.05) is 32.6 Å². The highest BCUT2D eigenvalue weighted by atomic mass is 19.1. The van der Waals surface area contributed by atoms with E-state index in [2.05, 4.69) is 5.32 Å². The lowest BCUT2D eigenvalue weighted by Gasteiger charge is -2.30. The number of ether oxygens (including phenoxy) is 1. The Kier molecular flexibility index (Phi) is 5.52. The van der Waals surface area contributed by atoms with Crippen LogP contribution in [0.25, 0.3) is 0 Å². The molecular weight excluding hydrogens is 275 g/mol. The molecule has 21 heavy (non-hydrogen) atoms. The summed E-state index contributed by atoms with van der Waals surface area (Å²) in [4.78, 5) is 13.1. The summed E-state index contributed by atoms with van der Waals surface area (Å²) in [5.41, 5.74) is 0. The fourth-order valence-corrected chi connectivity index (χ4v) is 2.26. The third-order valence-corrected chi connectivity index (χ3v) is 3.52. The molecule has 6 heteroatoms. The molecule has 0 spiro atoms. The van der Waals surface area contributed by atoms with E-state index in [1.807, 2.05) is 0 Å². The van der Waals surface area contributed by atoms with Crippen molar-refractivity contribution in [2.75, 3.05) is 26.7 Å². The van der Waals surface area contributed by atoms with E-state index in [1.165, 1.54) is 24.3 Å². The second kappa shape index (κ2) is 7.38. The predicted octanol–water partition coefficient (Wildman–Crippen LogP) is 0.776. The fraction of sp³-hybridized carbons (Fsp3) is 0.533. The minimum absolute atomic E-state index is 0.139. The summed E-state index contributed by atoms with van der Waals surface area (Å²) >= 11 is 0. The van der Waals surface area contributed by atoms with Gasteiger partial charge in [0.15, 0.2) is 0 Å². The molecule has 1 heterocycles. The topological polar surface area (TPSA) is 61.8 Å². The van der Waals surface area contributed by atoms with Gasteiger partial charge < -0.3 is 20.1 Å². The molecule has 0 bridgehead atoms. The van der Waals surface area contributed by atoms with Crippen LogP contribution in [-0.2, 0) is 4.79 Å². The van der Waals surface area contributed by atoms with Crippen molar-refractivity contribution in [2.45, 2.75) is 25.0 Å². The van der Waals surface area contributed by atoms with Gasteiger partial charge in [0.1, 0.15) is 24.3 Å². The Hall–Kier alpha value is -1.66. The molecule has 1 fully saturated rings. The molecule has 1 aliphatic rings. The number of amides is 1. The smallest absolute Gasteiger partial charge is 0.222 e. The lowest BCUT2D eigenvalue weighted by Crippen LogP contribution is -2.48. The minimum Gasteiger partial charge on any atom is -0.491 e. The molecule has 1 amide bonds. The third-order valence-electron chi connectivity index (χ3n) is 3.52. The zero-order valence-corrected chi connectivity index (χ0v) is 12.1. The van der Waals surface area contributed by atoms with Crippen LogP contribution in [0.4, 0.5) is 4.39 Å². The van der Waals surface area contributed by atoms with E-state index in [1.54, 1.807) is 11.9 Å². The Morgan fingerprint density at radius 2 is 2.19 bits per heavy atom. The number of piperidine rings is 1. The zero-order chi connectivity index (χ0) is 15.2. The highest BCUT2D eigenvalue weighted by Crippen LogP contribution is 2.12. The van der Waals surface area contributed by atoms with E-state index < -0.39 is 6.10 Å². The van der Waals surface area contributed by atoms with Gasteiger partial charge >= 0.3 is 0 Å². The molecular formula is C15H21FN2O3. The summed E-state index contributed by atoms with van der Waals surface area (Å²) in [5, 5.41) is 13.1. The maximum Gasteiger partial charge on any atom is 0.222 e. The van der Waals surface area contributed by atoms with Crippen LogP contribution >= 0.6 is 0 Å². The van der Waals surface area contributed by atoms with Gasteiger partial charge in [0.2, 0.25) is 5.91 Å². The van der Waals surface area contributed by atoms with E-state index in [0.717, 1.165) is 6.42 Å². The number of nitrogens with zero attached hydrogens (tertiary/aromatic N) is 1. The van der Waals surface area contributed by atoms with Crippen LogP contribution in [0.15, 0.2) is 24.3 Å². The maximum absolute atomic E-state index is 12.7. The quantitative estimate of drug-likeness (QED) is 0.814. The number of aliphatic hydroxyl groups is 1. The highest BCUT2D eigenvalue weighted by molar-refractivity contribution is 5.76. The predicted molar refractivity (Wildman–Crippen MR) is 76.6 cm³/mol. The van der Waals surface area contributed by atoms with Gasteiger partial charge in [0.05, 0.1) is 0 Å². The highest BCUT2D eigenvalue weighted by Gasteiger charge is 2.22. The first kappa shape index (κ1) is 15.7. The second-order valence-electron chi connectivity index (χ2n) is 5.34. The monoisotopic (exact) mass is 296 g/mol. The van der Waals surface area contributed by atoms with Gasteiger partial charge in [-0.3, -0.25) is 4.79 Å². The first-order valence-corrected chi connectivity index (χ1v) is 7.08. The number of halogens is 1. The van der Waals surface area contributed by atoms with E-state index in [0.29, 0.717) is 25.3 Å².